The van der Waals surface area contributed by atoms with Gasteiger partial charge in [0, 0.05) is 18.3 Å². The van der Waals surface area contributed by atoms with Crippen LogP contribution in [-0.2, 0) is 0 Å². The quantitative estimate of drug-likeness (QED) is 0.653. The molecule has 2 unspecified atom stereocenters. The van der Waals surface area contributed by atoms with Gasteiger partial charge in [-0.05, 0) is 46.1 Å². The Morgan fingerprint density at radius 3 is 2.63 bits per heavy atom. The predicted molar refractivity (Wildman–Crippen MR) is 76.2 cm³/mol. The number of aromatic amines is 1. The first-order valence-corrected chi connectivity index (χ1v) is 6.87. The van der Waals surface area contributed by atoms with Crippen molar-refractivity contribution in [2.45, 2.75) is 46.6 Å². The van der Waals surface area contributed by atoms with E-state index in [1.807, 2.05) is 20.8 Å². The summed E-state index contributed by atoms with van der Waals surface area (Å²) in [5.74, 6) is 0.985. The third kappa shape index (κ3) is 4.76. The molecule has 0 bridgehead atoms. The Hall–Kier alpha value is -1.20. The monoisotopic (exact) mass is 267 g/mol. The van der Waals surface area contributed by atoms with Crippen LogP contribution in [0.4, 0.5) is 0 Å². The van der Waals surface area contributed by atoms with Crippen molar-refractivity contribution in [1.29, 1.82) is 0 Å². The number of H-pyrrole nitrogens is 1. The number of nitrogens with zero attached hydrogens (tertiary/aromatic N) is 1. The highest BCUT2D eigenvalue weighted by atomic mass is 16.3. The molecule has 0 saturated carbocycles. The van der Waals surface area contributed by atoms with Crippen molar-refractivity contribution < 1.29 is 5.11 Å². The van der Waals surface area contributed by atoms with Crippen molar-refractivity contribution in [2.75, 3.05) is 13.2 Å². The number of aryl methyl sites for hydroxylation is 2. The molecule has 1 aromatic rings. The Balaban J connectivity index is 2.55. The van der Waals surface area contributed by atoms with Crippen molar-refractivity contribution >= 4 is 0 Å². The zero-order valence-corrected chi connectivity index (χ0v) is 12.3. The molecule has 5 heteroatoms. The second-order valence-electron chi connectivity index (χ2n) is 5.26. The molecular formula is C14H25N3O2. The van der Waals surface area contributed by atoms with Crippen LogP contribution in [0.1, 0.15) is 49.8 Å². The van der Waals surface area contributed by atoms with Gasteiger partial charge in [-0.15, -0.1) is 0 Å². The van der Waals surface area contributed by atoms with Gasteiger partial charge in [0.2, 0.25) is 0 Å². The molecule has 108 valence electrons. The van der Waals surface area contributed by atoms with E-state index >= 15 is 0 Å². The van der Waals surface area contributed by atoms with Crippen LogP contribution >= 0.6 is 0 Å². The van der Waals surface area contributed by atoms with Crippen LogP contribution in [0.15, 0.2) is 4.79 Å². The number of nitrogens with one attached hydrogen (secondary N) is 2. The van der Waals surface area contributed by atoms with Gasteiger partial charge in [-0.25, -0.2) is 4.98 Å². The molecule has 19 heavy (non-hydrogen) atoms. The fourth-order valence-corrected chi connectivity index (χ4v) is 2.21. The van der Waals surface area contributed by atoms with Gasteiger partial charge in [0.15, 0.2) is 0 Å². The van der Waals surface area contributed by atoms with Crippen LogP contribution < -0.4 is 10.9 Å². The van der Waals surface area contributed by atoms with Crippen LogP contribution in [0.3, 0.4) is 0 Å². The summed E-state index contributed by atoms with van der Waals surface area (Å²) in [6, 6.07) is -0.0127. The van der Waals surface area contributed by atoms with Gasteiger partial charge in [-0.3, -0.25) is 4.79 Å². The van der Waals surface area contributed by atoms with Gasteiger partial charge in [-0.1, -0.05) is 6.92 Å². The molecule has 0 spiro atoms. The average Bonchev–Trinajstić information content (AvgIpc) is 2.33. The Morgan fingerprint density at radius 2 is 2.05 bits per heavy atom. The molecule has 3 N–H and O–H groups in total. The topological polar surface area (TPSA) is 78.0 Å². The highest BCUT2D eigenvalue weighted by Crippen LogP contribution is 2.11. The first kappa shape index (κ1) is 15.9. The number of aromatic nitrogens is 2. The van der Waals surface area contributed by atoms with E-state index in [9.17, 15) is 4.79 Å². The SMILES string of the molecule is Cc1nc(C)c(C(C)NCCCC(C)CO)c(=O)[nH]1. The first-order valence-electron chi connectivity index (χ1n) is 6.87. The Kier molecular flexibility index (Phi) is 6.18. The zero-order valence-electron chi connectivity index (χ0n) is 12.3. The average molecular weight is 267 g/mol. The summed E-state index contributed by atoms with van der Waals surface area (Å²) in [4.78, 5) is 19.0. The van der Waals surface area contributed by atoms with Crippen LogP contribution in [-0.4, -0.2) is 28.2 Å². The standard InChI is InChI=1S/C14H25N3O2/c1-9(8-18)6-5-7-15-10(2)13-11(3)16-12(4)17-14(13)19/h9-10,15,18H,5-8H2,1-4H3,(H,16,17,19). The minimum absolute atomic E-state index is 0.0127. The minimum Gasteiger partial charge on any atom is -0.396 e. The van der Waals surface area contributed by atoms with Crippen molar-refractivity contribution in [3.05, 3.63) is 27.4 Å². The third-order valence-electron chi connectivity index (χ3n) is 3.33. The van der Waals surface area contributed by atoms with E-state index in [1.165, 1.54) is 0 Å². The zero-order chi connectivity index (χ0) is 14.4. The Labute approximate surface area is 114 Å². The maximum atomic E-state index is 11.9. The highest BCUT2D eigenvalue weighted by Gasteiger charge is 2.13. The fraction of sp³-hybridized carbons (Fsp3) is 0.714. The molecule has 1 heterocycles. The summed E-state index contributed by atoms with van der Waals surface area (Å²) in [5.41, 5.74) is 1.43. The number of aliphatic hydroxyl groups is 1. The van der Waals surface area contributed by atoms with Crippen molar-refractivity contribution in [2.24, 2.45) is 5.92 Å². The minimum atomic E-state index is -0.0614. The number of rotatable bonds is 7. The van der Waals surface area contributed by atoms with Gasteiger partial charge >= 0.3 is 0 Å². The van der Waals surface area contributed by atoms with Gasteiger partial charge in [0.25, 0.3) is 5.56 Å². The molecule has 0 aromatic carbocycles. The molecule has 0 aliphatic rings. The highest BCUT2D eigenvalue weighted by molar-refractivity contribution is 5.19. The van der Waals surface area contributed by atoms with E-state index in [4.69, 9.17) is 5.11 Å². The summed E-state index contributed by atoms with van der Waals surface area (Å²) >= 11 is 0. The summed E-state index contributed by atoms with van der Waals surface area (Å²) in [6.45, 7) is 8.72. The summed E-state index contributed by atoms with van der Waals surface area (Å²) in [7, 11) is 0. The Morgan fingerprint density at radius 1 is 1.37 bits per heavy atom. The van der Waals surface area contributed by atoms with Gasteiger partial charge < -0.3 is 15.4 Å². The molecule has 0 amide bonds. The van der Waals surface area contributed by atoms with E-state index < -0.39 is 0 Å². The van der Waals surface area contributed by atoms with E-state index in [0.29, 0.717) is 17.3 Å². The van der Waals surface area contributed by atoms with E-state index in [-0.39, 0.29) is 18.2 Å². The van der Waals surface area contributed by atoms with E-state index in [2.05, 4.69) is 15.3 Å². The van der Waals surface area contributed by atoms with Crippen LogP contribution in [0.25, 0.3) is 0 Å². The van der Waals surface area contributed by atoms with Gasteiger partial charge in [0.05, 0.1) is 5.56 Å². The molecule has 5 nitrogen and oxygen atoms in total. The van der Waals surface area contributed by atoms with Crippen LogP contribution in [0, 0.1) is 19.8 Å². The number of hydrogen-bond acceptors (Lipinski definition) is 4. The summed E-state index contributed by atoms with van der Waals surface area (Å²) in [6.07, 6.45) is 1.97. The molecule has 0 fully saturated rings. The van der Waals surface area contributed by atoms with Crippen molar-refractivity contribution in [3.63, 3.8) is 0 Å². The van der Waals surface area contributed by atoms with E-state index in [0.717, 1.165) is 25.1 Å². The molecule has 0 aliphatic heterocycles. The molecule has 1 aromatic heterocycles. The fourth-order valence-electron chi connectivity index (χ4n) is 2.21. The second kappa shape index (κ2) is 7.40. The van der Waals surface area contributed by atoms with E-state index in [1.54, 1.807) is 6.92 Å². The third-order valence-corrected chi connectivity index (χ3v) is 3.33. The molecule has 2 atom stereocenters. The lowest BCUT2D eigenvalue weighted by molar-refractivity contribution is 0.227. The summed E-state index contributed by atoms with van der Waals surface area (Å²) < 4.78 is 0. The summed E-state index contributed by atoms with van der Waals surface area (Å²) in [5, 5.41) is 12.3. The molecule has 0 radical (unpaired) electrons. The lowest BCUT2D eigenvalue weighted by Crippen LogP contribution is -2.28. The Bertz CT molecular complexity index is 456. The lowest BCUT2D eigenvalue weighted by Gasteiger charge is -2.16. The normalized spacial score (nSPS) is 14.4. The van der Waals surface area contributed by atoms with Crippen LogP contribution in [0.5, 0.6) is 0 Å². The number of hydrogen-bond donors (Lipinski definition) is 3. The predicted octanol–water partition coefficient (Wildman–Crippen LogP) is 1.45. The molecular weight excluding hydrogens is 242 g/mol. The van der Waals surface area contributed by atoms with Gasteiger partial charge in [-0.2, -0.15) is 0 Å². The van der Waals surface area contributed by atoms with Crippen molar-refractivity contribution in [1.82, 2.24) is 15.3 Å². The molecule has 1 rings (SSSR count). The van der Waals surface area contributed by atoms with Crippen LogP contribution in [0.2, 0.25) is 0 Å². The first-order chi connectivity index (χ1) is 8.95. The van der Waals surface area contributed by atoms with Gasteiger partial charge in [0.1, 0.15) is 5.82 Å². The maximum Gasteiger partial charge on any atom is 0.255 e. The smallest absolute Gasteiger partial charge is 0.255 e. The maximum absolute atomic E-state index is 11.9. The number of aliphatic hydroxyl groups excluding tert-OH is 1. The van der Waals surface area contributed by atoms with Crippen molar-refractivity contribution in [3.8, 4) is 0 Å². The molecule has 0 aliphatic carbocycles. The largest absolute Gasteiger partial charge is 0.396 e. The molecule has 0 saturated heterocycles. The lowest BCUT2D eigenvalue weighted by atomic mass is 10.1. The second-order valence-corrected chi connectivity index (χ2v) is 5.26.